The molecule has 0 saturated heterocycles. The number of carbonyl (C=O) groups excluding carboxylic acids is 3. The van der Waals surface area contributed by atoms with Crippen LogP contribution in [0.3, 0.4) is 0 Å². The van der Waals surface area contributed by atoms with Gasteiger partial charge in [-0.3, -0.25) is 14.4 Å². The molecule has 1 aliphatic heterocycles. The second-order valence-corrected chi connectivity index (χ2v) is 12.1. The van der Waals surface area contributed by atoms with Crippen LogP contribution in [-0.2, 0) is 19.1 Å². The highest BCUT2D eigenvalue weighted by molar-refractivity contribution is 8.00. The highest BCUT2D eigenvalue weighted by Crippen LogP contribution is 2.60. The molecule has 6 nitrogen and oxygen atoms in total. The summed E-state index contributed by atoms with van der Waals surface area (Å²) in [6, 6.07) is 7.87. The molecule has 1 heterocycles. The van der Waals surface area contributed by atoms with Crippen LogP contribution >= 0.6 is 11.8 Å². The summed E-state index contributed by atoms with van der Waals surface area (Å²) in [6.07, 6.45) is 7.90. The number of nitrogens with zero attached hydrogens (tertiary/aromatic N) is 1. The Hall–Kier alpha value is -2.02. The Morgan fingerprint density at radius 2 is 1.76 bits per heavy atom. The van der Waals surface area contributed by atoms with E-state index in [1.807, 2.05) is 24.3 Å². The smallest absolute Gasteiger partial charge is 0.308 e. The summed E-state index contributed by atoms with van der Waals surface area (Å²) >= 11 is 1.77. The number of rotatable bonds is 6. The number of anilines is 1. The number of amides is 2. The molecular weight excluding hydrogens is 436 g/mol. The third-order valence-electron chi connectivity index (χ3n) is 8.04. The zero-order chi connectivity index (χ0) is 23.0. The second-order valence-electron chi connectivity index (χ2n) is 10.6. The number of fused-ring (bicyclic) bond motifs is 1. The van der Waals surface area contributed by atoms with Gasteiger partial charge in [0.25, 0.3) is 5.91 Å². The molecule has 6 rings (SSSR count). The maximum atomic E-state index is 13.0. The van der Waals surface area contributed by atoms with Crippen molar-refractivity contribution in [2.75, 3.05) is 24.6 Å². The largest absolute Gasteiger partial charge is 0.455 e. The molecule has 7 heteroatoms. The number of hydrogen-bond acceptors (Lipinski definition) is 5. The first-order valence-corrected chi connectivity index (χ1v) is 13.3. The fourth-order valence-corrected chi connectivity index (χ4v) is 8.01. The van der Waals surface area contributed by atoms with Gasteiger partial charge in [-0.2, -0.15) is 0 Å². The molecule has 0 radical (unpaired) electrons. The first-order chi connectivity index (χ1) is 15.9. The number of esters is 1. The number of hydrogen-bond donors (Lipinski definition) is 1. The molecule has 178 valence electrons. The summed E-state index contributed by atoms with van der Waals surface area (Å²) in [7, 11) is 0. The van der Waals surface area contributed by atoms with Crippen molar-refractivity contribution < 1.29 is 19.1 Å². The average Bonchev–Trinajstić information content (AvgIpc) is 2.94. The summed E-state index contributed by atoms with van der Waals surface area (Å²) in [4.78, 5) is 40.9. The van der Waals surface area contributed by atoms with Gasteiger partial charge in [0, 0.05) is 28.6 Å². The predicted molar refractivity (Wildman–Crippen MR) is 128 cm³/mol. The van der Waals surface area contributed by atoms with Crippen molar-refractivity contribution in [2.45, 2.75) is 68.4 Å². The van der Waals surface area contributed by atoms with Crippen LogP contribution in [0.1, 0.15) is 58.3 Å². The van der Waals surface area contributed by atoms with Crippen LogP contribution in [0.5, 0.6) is 0 Å². The van der Waals surface area contributed by atoms with Gasteiger partial charge in [-0.1, -0.05) is 19.1 Å². The van der Waals surface area contributed by atoms with E-state index in [1.165, 1.54) is 19.3 Å². The second kappa shape index (κ2) is 9.32. The van der Waals surface area contributed by atoms with Crippen molar-refractivity contribution in [3.05, 3.63) is 24.3 Å². The number of para-hydroxylation sites is 1. The van der Waals surface area contributed by atoms with Gasteiger partial charge in [-0.05, 0) is 74.8 Å². The van der Waals surface area contributed by atoms with E-state index in [-0.39, 0.29) is 36.8 Å². The molecule has 1 N–H and O–H groups in total. The van der Waals surface area contributed by atoms with E-state index in [0.717, 1.165) is 36.3 Å². The molecule has 4 fully saturated rings. The Morgan fingerprint density at radius 3 is 2.45 bits per heavy atom. The Bertz CT molecular complexity index is 897. The topological polar surface area (TPSA) is 75.7 Å². The van der Waals surface area contributed by atoms with E-state index in [1.54, 1.807) is 16.7 Å². The number of ether oxygens (including phenoxy) is 1. The van der Waals surface area contributed by atoms with Gasteiger partial charge in [-0.25, -0.2) is 0 Å². The minimum atomic E-state index is -0.444. The minimum Gasteiger partial charge on any atom is -0.455 e. The van der Waals surface area contributed by atoms with Crippen molar-refractivity contribution in [1.29, 1.82) is 0 Å². The molecule has 0 spiro atoms. The molecule has 1 aromatic carbocycles. The molecule has 0 aromatic heterocycles. The lowest BCUT2D eigenvalue weighted by molar-refractivity contribution is -0.149. The van der Waals surface area contributed by atoms with Crippen LogP contribution in [0.15, 0.2) is 29.2 Å². The number of carbonyl (C=O) groups is 3. The van der Waals surface area contributed by atoms with Gasteiger partial charge in [0.2, 0.25) is 5.91 Å². The van der Waals surface area contributed by atoms with E-state index in [4.69, 9.17) is 4.74 Å². The monoisotopic (exact) mass is 470 g/mol. The summed E-state index contributed by atoms with van der Waals surface area (Å²) < 4.78 is 5.28. The van der Waals surface area contributed by atoms with Crippen molar-refractivity contribution >= 4 is 35.2 Å². The standard InChI is InChI=1S/C26H34N2O4S/c1-17-7-9-28(21-4-2-3-5-22(21)33-17)23(29)16-32-24(30)6-8-27-25(31)26-13-18-10-19(14-26)12-20(11-18)15-26/h2-5,17-20H,6-16H2,1H3,(H,27,31). The first-order valence-electron chi connectivity index (χ1n) is 12.4. The SMILES string of the molecule is CC1CCN(C(=O)COC(=O)CCNC(=O)C23CC4CC(CC(C4)C2)C3)c2ccccc2S1. The average molecular weight is 471 g/mol. The first kappa shape index (κ1) is 22.8. The van der Waals surface area contributed by atoms with Crippen molar-refractivity contribution in [2.24, 2.45) is 23.2 Å². The van der Waals surface area contributed by atoms with Crippen LogP contribution in [0, 0.1) is 23.2 Å². The highest BCUT2D eigenvalue weighted by atomic mass is 32.2. The molecule has 1 aromatic rings. The van der Waals surface area contributed by atoms with E-state index < -0.39 is 5.97 Å². The molecule has 1 atom stereocenters. The lowest BCUT2D eigenvalue weighted by Crippen LogP contribution is -2.53. The summed E-state index contributed by atoms with van der Waals surface area (Å²) in [5, 5.41) is 3.43. The van der Waals surface area contributed by atoms with E-state index >= 15 is 0 Å². The van der Waals surface area contributed by atoms with Gasteiger partial charge in [-0.15, -0.1) is 11.8 Å². The zero-order valence-electron chi connectivity index (χ0n) is 19.4. The van der Waals surface area contributed by atoms with Gasteiger partial charge >= 0.3 is 5.97 Å². The molecule has 4 bridgehead atoms. The normalized spacial score (nSPS) is 32.1. The van der Waals surface area contributed by atoms with E-state index in [2.05, 4.69) is 12.2 Å². The molecule has 4 aliphatic carbocycles. The van der Waals surface area contributed by atoms with Crippen LogP contribution in [0.4, 0.5) is 5.69 Å². The van der Waals surface area contributed by atoms with Gasteiger partial charge in [0.1, 0.15) is 0 Å². The highest BCUT2D eigenvalue weighted by Gasteiger charge is 2.54. The zero-order valence-corrected chi connectivity index (χ0v) is 20.2. The maximum absolute atomic E-state index is 13.0. The minimum absolute atomic E-state index is 0.0921. The van der Waals surface area contributed by atoms with Crippen LogP contribution in [-0.4, -0.2) is 42.7 Å². The predicted octanol–water partition coefficient (Wildman–Crippen LogP) is 4.17. The molecule has 4 saturated carbocycles. The maximum Gasteiger partial charge on any atom is 0.308 e. The summed E-state index contributed by atoms with van der Waals surface area (Å²) in [6.45, 7) is 2.78. The quantitative estimate of drug-likeness (QED) is 0.632. The Labute approximate surface area is 200 Å². The van der Waals surface area contributed by atoms with Crippen LogP contribution in [0.25, 0.3) is 0 Å². The van der Waals surface area contributed by atoms with E-state index in [9.17, 15) is 14.4 Å². The lowest BCUT2D eigenvalue weighted by Gasteiger charge is -2.55. The Balaban J connectivity index is 1.08. The Kier molecular flexibility index (Phi) is 6.43. The lowest BCUT2D eigenvalue weighted by atomic mass is 9.49. The molecular formula is C26H34N2O4S. The number of benzene rings is 1. The fourth-order valence-electron chi connectivity index (χ4n) is 6.89. The van der Waals surface area contributed by atoms with Crippen LogP contribution in [0.2, 0.25) is 0 Å². The van der Waals surface area contributed by atoms with Gasteiger partial charge < -0.3 is 15.0 Å². The van der Waals surface area contributed by atoms with E-state index in [0.29, 0.717) is 29.5 Å². The molecule has 2 amide bonds. The molecule has 33 heavy (non-hydrogen) atoms. The van der Waals surface area contributed by atoms with Gasteiger partial charge in [0.05, 0.1) is 12.1 Å². The fraction of sp³-hybridized carbons (Fsp3) is 0.654. The molecule has 5 aliphatic rings. The summed E-state index contributed by atoms with van der Waals surface area (Å²) in [5.41, 5.74) is 0.681. The van der Waals surface area contributed by atoms with Crippen LogP contribution < -0.4 is 10.2 Å². The van der Waals surface area contributed by atoms with Crippen molar-refractivity contribution in [3.8, 4) is 0 Å². The number of thioether (sulfide) groups is 1. The third kappa shape index (κ3) is 4.79. The van der Waals surface area contributed by atoms with Gasteiger partial charge in [0.15, 0.2) is 6.61 Å². The molecule has 1 unspecified atom stereocenters. The van der Waals surface area contributed by atoms with Crippen molar-refractivity contribution in [3.63, 3.8) is 0 Å². The van der Waals surface area contributed by atoms with Crippen molar-refractivity contribution in [1.82, 2.24) is 5.32 Å². The Morgan fingerprint density at radius 1 is 1.09 bits per heavy atom. The third-order valence-corrected chi connectivity index (χ3v) is 9.27. The summed E-state index contributed by atoms with van der Waals surface area (Å²) in [5.74, 6) is 1.61. The number of nitrogens with one attached hydrogen (secondary N) is 1.